The summed E-state index contributed by atoms with van der Waals surface area (Å²) in [6, 6.07) is 4.34. The van der Waals surface area contributed by atoms with Crippen molar-refractivity contribution in [1.82, 2.24) is 14.5 Å². The summed E-state index contributed by atoms with van der Waals surface area (Å²) in [6.45, 7) is 13.0. The molecule has 1 aromatic carbocycles. The Morgan fingerprint density at radius 2 is 1.57 bits per heavy atom. The molecular formula is C23H27BrN4O2. The topological polar surface area (TPSA) is 68.1 Å². The molecule has 3 heterocycles. The van der Waals surface area contributed by atoms with Gasteiger partial charge in [-0.15, -0.1) is 0 Å². The summed E-state index contributed by atoms with van der Waals surface area (Å²) in [7, 11) is 0. The number of halogens is 1. The van der Waals surface area contributed by atoms with Crippen molar-refractivity contribution in [2.75, 3.05) is 18.0 Å². The molecule has 30 heavy (non-hydrogen) atoms. The Kier molecular flexibility index (Phi) is 6.74. The maximum absolute atomic E-state index is 8.12. The highest BCUT2D eigenvalue weighted by molar-refractivity contribution is 9.10. The maximum atomic E-state index is 8.12. The van der Waals surface area contributed by atoms with Crippen LogP contribution in [-0.4, -0.2) is 33.8 Å². The van der Waals surface area contributed by atoms with Crippen LogP contribution in [0.3, 0.4) is 0 Å². The molecule has 0 aliphatic carbocycles. The molecule has 158 valence electrons. The van der Waals surface area contributed by atoms with Gasteiger partial charge in [0.15, 0.2) is 5.65 Å². The van der Waals surface area contributed by atoms with Crippen molar-refractivity contribution < 1.29 is 9.59 Å². The van der Waals surface area contributed by atoms with Crippen LogP contribution < -0.4 is 4.90 Å². The van der Waals surface area contributed by atoms with E-state index in [-0.39, 0.29) is 6.15 Å². The number of aryl methyl sites for hydroxylation is 4. The van der Waals surface area contributed by atoms with Crippen molar-refractivity contribution in [1.29, 1.82) is 0 Å². The van der Waals surface area contributed by atoms with Gasteiger partial charge in [0.05, 0.1) is 11.1 Å². The Balaban J connectivity index is 0.000000806. The molecule has 4 rings (SSSR count). The quantitative estimate of drug-likeness (QED) is 0.522. The number of nitrogens with zero attached hydrogens (tertiary/aromatic N) is 4. The molecule has 1 aliphatic heterocycles. The predicted molar refractivity (Wildman–Crippen MR) is 121 cm³/mol. The van der Waals surface area contributed by atoms with Crippen LogP contribution in [0.2, 0.25) is 0 Å². The summed E-state index contributed by atoms with van der Waals surface area (Å²) in [5.41, 5.74) is 5.95. The van der Waals surface area contributed by atoms with Gasteiger partial charge in [0.25, 0.3) is 0 Å². The lowest BCUT2D eigenvalue weighted by molar-refractivity contribution is -0.191. The summed E-state index contributed by atoms with van der Waals surface area (Å²) in [6.07, 6.45) is 4.93. The first-order chi connectivity index (χ1) is 14.3. The van der Waals surface area contributed by atoms with Crippen LogP contribution in [0.5, 0.6) is 0 Å². The zero-order valence-electron chi connectivity index (χ0n) is 18.1. The number of hydrogen-bond acceptors (Lipinski definition) is 5. The minimum absolute atomic E-state index is 0.250. The van der Waals surface area contributed by atoms with E-state index in [1.165, 1.54) is 40.6 Å². The second-order valence-electron chi connectivity index (χ2n) is 8.12. The number of fused-ring (bicyclic) bond motifs is 1. The molecule has 1 saturated heterocycles. The minimum Gasteiger partial charge on any atom is -0.356 e. The van der Waals surface area contributed by atoms with Gasteiger partial charge in [-0.3, -0.25) is 0 Å². The van der Waals surface area contributed by atoms with Crippen LogP contribution in [0.25, 0.3) is 16.7 Å². The first kappa shape index (κ1) is 22.2. The molecule has 6 nitrogen and oxygen atoms in total. The van der Waals surface area contributed by atoms with Gasteiger partial charge in [0.1, 0.15) is 11.6 Å². The highest BCUT2D eigenvalue weighted by Gasteiger charge is 2.23. The molecule has 0 atom stereocenters. The van der Waals surface area contributed by atoms with E-state index < -0.39 is 0 Å². The average Bonchev–Trinajstić information content (AvgIpc) is 2.98. The van der Waals surface area contributed by atoms with E-state index >= 15 is 0 Å². The van der Waals surface area contributed by atoms with Crippen LogP contribution in [0.1, 0.15) is 42.3 Å². The molecular weight excluding hydrogens is 444 g/mol. The molecule has 7 heteroatoms. The molecule has 1 aliphatic rings. The van der Waals surface area contributed by atoms with E-state index in [0.29, 0.717) is 0 Å². The largest absolute Gasteiger partial charge is 0.373 e. The fraction of sp³-hybridized carbons (Fsp3) is 0.435. The van der Waals surface area contributed by atoms with E-state index in [4.69, 9.17) is 19.6 Å². The SMILES string of the molecule is Cc1nc(N2CCC(C)CC2)c2c(C)cn(-c3c(C)cc(Br)cc3C)c2n1.O=C=O. The van der Waals surface area contributed by atoms with Gasteiger partial charge >= 0.3 is 6.15 Å². The van der Waals surface area contributed by atoms with E-state index in [1.54, 1.807) is 0 Å². The standard InChI is InChI=1S/C22H27BrN4.CO2/c1-13-6-8-26(9-7-13)21-19-16(4)12-27(22(19)25-17(5)24-21)20-14(2)10-18(23)11-15(20)3;2-1-3/h10-13H,6-9H2,1-5H3;. The van der Waals surface area contributed by atoms with Crippen LogP contribution in [0, 0.1) is 33.6 Å². The van der Waals surface area contributed by atoms with Crippen molar-refractivity contribution >= 4 is 38.9 Å². The fourth-order valence-corrected chi connectivity index (χ4v) is 4.98. The highest BCUT2D eigenvalue weighted by atomic mass is 79.9. The number of aromatic nitrogens is 3. The Bertz CT molecular complexity index is 1090. The lowest BCUT2D eigenvalue weighted by Gasteiger charge is -2.31. The van der Waals surface area contributed by atoms with Gasteiger partial charge < -0.3 is 9.47 Å². The Morgan fingerprint density at radius 1 is 1.00 bits per heavy atom. The molecule has 0 amide bonds. The monoisotopic (exact) mass is 470 g/mol. The third-order valence-corrected chi connectivity index (χ3v) is 6.17. The second kappa shape index (κ2) is 9.11. The van der Waals surface area contributed by atoms with Gasteiger partial charge in [-0.1, -0.05) is 22.9 Å². The first-order valence-electron chi connectivity index (χ1n) is 10.1. The Hall–Kier alpha value is -2.50. The second-order valence-corrected chi connectivity index (χ2v) is 9.03. The van der Waals surface area contributed by atoms with Crippen molar-refractivity contribution in [3.05, 3.63) is 45.3 Å². The lowest BCUT2D eigenvalue weighted by Crippen LogP contribution is -2.33. The number of anilines is 1. The minimum atomic E-state index is 0.250. The van der Waals surface area contributed by atoms with Crippen molar-refractivity contribution in [3.63, 3.8) is 0 Å². The molecule has 2 aromatic heterocycles. The summed E-state index contributed by atoms with van der Waals surface area (Å²) in [4.78, 5) is 28.4. The van der Waals surface area contributed by atoms with E-state index in [9.17, 15) is 0 Å². The van der Waals surface area contributed by atoms with Crippen LogP contribution >= 0.6 is 15.9 Å². The predicted octanol–water partition coefficient (Wildman–Crippen LogP) is 5.07. The maximum Gasteiger partial charge on any atom is 0.373 e. The number of carbonyl (C=O) groups excluding carboxylic acids is 2. The zero-order chi connectivity index (χ0) is 22.0. The number of hydrogen-bond donors (Lipinski definition) is 0. The third kappa shape index (κ3) is 4.32. The lowest BCUT2D eigenvalue weighted by atomic mass is 9.99. The number of benzene rings is 1. The number of piperidine rings is 1. The molecule has 0 spiro atoms. The smallest absolute Gasteiger partial charge is 0.356 e. The normalized spacial score (nSPS) is 14.4. The van der Waals surface area contributed by atoms with Gasteiger partial charge in [0, 0.05) is 23.8 Å². The third-order valence-electron chi connectivity index (χ3n) is 5.71. The molecule has 0 bridgehead atoms. The molecule has 0 saturated carbocycles. The first-order valence-corrected chi connectivity index (χ1v) is 10.9. The molecule has 0 unspecified atom stereocenters. The fourth-order valence-electron chi connectivity index (χ4n) is 4.29. The molecule has 3 aromatic rings. The van der Waals surface area contributed by atoms with Crippen LogP contribution in [-0.2, 0) is 9.59 Å². The molecule has 0 radical (unpaired) electrons. The van der Waals surface area contributed by atoms with Crippen molar-refractivity contribution in [2.45, 2.75) is 47.5 Å². The zero-order valence-corrected chi connectivity index (χ0v) is 19.7. The molecule has 0 N–H and O–H groups in total. The summed E-state index contributed by atoms with van der Waals surface area (Å²) < 4.78 is 3.37. The molecule has 1 fully saturated rings. The van der Waals surface area contributed by atoms with E-state index in [0.717, 1.165) is 40.8 Å². The summed E-state index contributed by atoms with van der Waals surface area (Å²) in [5.74, 6) is 2.74. The van der Waals surface area contributed by atoms with Gasteiger partial charge in [-0.2, -0.15) is 9.59 Å². The Labute approximate surface area is 185 Å². The number of rotatable bonds is 2. The van der Waals surface area contributed by atoms with Crippen LogP contribution in [0.4, 0.5) is 5.82 Å². The van der Waals surface area contributed by atoms with Crippen molar-refractivity contribution in [3.8, 4) is 5.69 Å². The highest BCUT2D eigenvalue weighted by Crippen LogP contribution is 2.34. The van der Waals surface area contributed by atoms with Crippen molar-refractivity contribution in [2.24, 2.45) is 5.92 Å². The summed E-state index contributed by atoms with van der Waals surface area (Å²) >= 11 is 3.61. The van der Waals surface area contributed by atoms with Gasteiger partial charge in [-0.05, 0) is 75.3 Å². The average molecular weight is 471 g/mol. The van der Waals surface area contributed by atoms with Crippen LogP contribution in [0.15, 0.2) is 22.8 Å². The van der Waals surface area contributed by atoms with E-state index in [2.05, 4.69) is 71.4 Å². The van der Waals surface area contributed by atoms with E-state index in [1.807, 2.05) is 6.92 Å². The summed E-state index contributed by atoms with van der Waals surface area (Å²) in [5, 5.41) is 1.19. The van der Waals surface area contributed by atoms with Gasteiger partial charge in [0.2, 0.25) is 0 Å². The Morgan fingerprint density at radius 3 is 2.13 bits per heavy atom. The van der Waals surface area contributed by atoms with Gasteiger partial charge in [-0.25, -0.2) is 9.97 Å².